The fourth-order valence-corrected chi connectivity index (χ4v) is 2.85. The second kappa shape index (κ2) is 7.76. The van der Waals surface area contributed by atoms with Gasteiger partial charge in [-0.15, -0.1) is 0 Å². The summed E-state index contributed by atoms with van der Waals surface area (Å²) >= 11 is 0. The van der Waals surface area contributed by atoms with E-state index in [4.69, 9.17) is 0 Å². The molecule has 1 heterocycles. The Labute approximate surface area is 145 Å². The van der Waals surface area contributed by atoms with Crippen LogP contribution in [0.5, 0.6) is 0 Å². The first-order chi connectivity index (χ1) is 12.1. The largest absolute Gasteiger partial charge is 0.350 e. The Hall–Kier alpha value is -2.93. The van der Waals surface area contributed by atoms with Crippen LogP contribution in [-0.2, 0) is 0 Å². The monoisotopic (exact) mass is 340 g/mol. The number of amides is 1. The van der Waals surface area contributed by atoms with Crippen LogP contribution in [0, 0.1) is 10.1 Å². The van der Waals surface area contributed by atoms with Crippen molar-refractivity contribution in [2.45, 2.75) is 18.9 Å². The SMILES string of the molecule is O=C(NC1CCCNC1)c1ccc(Nc2ccccc2)c([N+](=O)[O-])c1. The third kappa shape index (κ3) is 4.33. The number of benzene rings is 2. The highest BCUT2D eigenvalue weighted by Gasteiger charge is 2.20. The predicted molar refractivity (Wildman–Crippen MR) is 96.2 cm³/mol. The van der Waals surface area contributed by atoms with Crippen molar-refractivity contribution in [3.63, 3.8) is 0 Å². The number of nitro groups is 1. The molecule has 1 aliphatic rings. The maximum Gasteiger partial charge on any atom is 0.293 e. The third-order valence-electron chi connectivity index (χ3n) is 4.14. The number of nitro benzene ring substituents is 1. The van der Waals surface area contributed by atoms with Gasteiger partial charge in [0.25, 0.3) is 11.6 Å². The number of nitrogens with one attached hydrogen (secondary N) is 3. The highest BCUT2D eigenvalue weighted by atomic mass is 16.6. The van der Waals surface area contributed by atoms with Gasteiger partial charge in [-0.25, -0.2) is 0 Å². The lowest BCUT2D eigenvalue weighted by atomic mass is 10.1. The Bertz CT molecular complexity index is 758. The number of nitrogens with zero attached hydrogens (tertiary/aromatic N) is 1. The fraction of sp³-hybridized carbons (Fsp3) is 0.278. The van der Waals surface area contributed by atoms with Crippen molar-refractivity contribution in [1.29, 1.82) is 0 Å². The Morgan fingerprint density at radius 1 is 1.20 bits per heavy atom. The molecule has 1 amide bonds. The summed E-state index contributed by atoms with van der Waals surface area (Å²) in [6.07, 6.45) is 1.92. The number of piperidine rings is 1. The fourth-order valence-electron chi connectivity index (χ4n) is 2.85. The van der Waals surface area contributed by atoms with E-state index in [-0.39, 0.29) is 23.2 Å². The molecule has 2 aromatic carbocycles. The zero-order valence-corrected chi connectivity index (χ0v) is 13.7. The van der Waals surface area contributed by atoms with Gasteiger partial charge in [0.1, 0.15) is 5.69 Å². The number of hydrogen-bond donors (Lipinski definition) is 3. The lowest BCUT2D eigenvalue weighted by Crippen LogP contribution is -2.45. The molecule has 0 radical (unpaired) electrons. The summed E-state index contributed by atoms with van der Waals surface area (Å²) in [4.78, 5) is 23.3. The van der Waals surface area contributed by atoms with E-state index in [0.717, 1.165) is 31.6 Å². The van der Waals surface area contributed by atoms with E-state index in [9.17, 15) is 14.9 Å². The summed E-state index contributed by atoms with van der Waals surface area (Å²) in [5.74, 6) is -0.289. The molecule has 2 aromatic rings. The van der Waals surface area contributed by atoms with Crippen LogP contribution in [0.25, 0.3) is 0 Å². The van der Waals surface area contributed by atoms with Crippen molar-refractivity contribution < 1.29 is 9.72 Å². The molecule has 3 rings (SSSR count). The zero-order chi connectivity index (χ0) is 17.6. The Morgan fingerprint density at radius 2 is 2.00 bits per heavy atom. The van der Waals surface area contributed by atoms with Gasteiger partial charge in [0.05, 0.1) is 4.92 Å². The summed E-state index contributed by atoms with van der Waals surface area (Å²) in [6.45, 7) is 1.68. The van der Waals surface area contributed by atoms with Crippen LogP contribution in [0.2, 0.25) is 0 Å². The average molecular weight is 340 g/mol. The standard InChI is InChI=1S/C18H20N4O3/c23-18(21-15-7-4-10-19-12-15)13-8-9-16(17(11-13)22(24)25)20-14-5-2-1-3-6-14/h1-3,5-6,8-9,11,15,19-20H,4,7,10,12H2,(H,21,23). The maximum atomic E-state index is 12.4. The molecule has 0 spiro atoms. The van der Waals surface area contributed by atoms with Crippen molar-refractivity contribution >= 4 is 23.0 Å². The molecule has 1 unspecified atom stereocenters. The van der Waals surface area contributed by atoms with E-state index in [1.807, 2.05) is 30.3 Å². The molecule has 0 saturated carbocycles. The van der Waals surface area contributed by atoms with Crippen LogP contribution in [0.3, 0.4) is 0 Å². The number of anilines is 2. The van der Waals surface area contributed by atoms with Crippen molar-refractivity contribution in [3.05, 3.63) is 64.2 Å². The first-order valence-corrected chi connectivity index (χ1v) is 8.25. The molecule has 1 saturated heterocycles. The molecule has 25 heavy (non-hydrogen) atoms. The van der Waals surface area contributed by atoms with E-state index in [2.05, 4.69) is 16.0 Å². The molecular formula is C18H20N4O3. The van der Waals surface area contributed by atoms with Gasteiger partial charge in [0, 0.05) is 29.9 Å². The summed E-state index contributed by atoms with van der Waals surface area (Å²) in [7, 11) is 0. The smallest absolute Gasteiger partial charge is 0.293 e. The molecule has 0 aromatic heterocycles. The van der Waals surface area contributed by atoms with Gasteiger partial charge in [-0.2, -0.15) is 0 Å². The van der Waals surface area contributed by atoms with Gasteiger partial charge >= 0.3 is 0 Å². The van der Waals surface area contributed by atoms with Crippen LogP contribution in [0.1, 0.15) is 23.2 Å². The number of hydrogen-bond acceptors (Lipinski definition) is 5. The lowest BCUT2D eigenvalue weighted by Gasteiger charge is -2.23. The van der Waals surface area contributed by atoms with Gasteiger partial charge in [-0.3, -0.25) is 14.9 Å². The molecular weight excluding hydrogens is 320 g/mol. The molecule has 7 nitrogen and oxygen atoms in total. The van der Waals surface area contributed by atoms with Crippen molar-refractivity contribution in [3.8, 4) is 0 Å². The van der Waals surface area contributed by atoms with Crippen LogP contribution in [0.4, 0.5) is 17.1 Å². The first kappa shape index (κ1) is 16.9. The van der Waals surface area contributed by atoms with Gasteiger partial charge in [-0.05, 0) is 43.7 Å². The van der Waals surface area contributed by atoms with Crippen LogP contribution in [-0.4, -0.2) is 30.0 Å². The normalized spacial score (nSPS) is 16.9. The molecule has 7 heteroatoms. The van der Waals surface area contributed by atoms with Crippen LogP contribution in [0.15, 0.2) is 48.5 Å². The van der Waals surface area contributed by atoms with Gasteiger partial charge in [-0.1, -0.05) is 18.2 Å². The molecule has 1 atom stereocenters. The third-order valence-corrected chi connectivity index (χ3v) is 4.14. The van der Waals surface area contributed by atoms with E-state index in [1.165, 1.54) is 6.07 Å². The first-order valence-electron chi connectivity index (χ1n) is 8.25. The topological polar surface area (TPSA) is 96.3 Å². The predicted octanol–water partition coefficient (Wildman–Crippen LogP) is 2.82. The number of para-hydroxylation sites is 1. The molecule has 1 fully saturated rings. The zero-order valence-electron chi connectivity index (χ0n) is 13.7. The Balaban J connectivity index is 1.78. The molecule has 1 aliphatic heterocycles. The summed E-state index contributed by atoms with van der Waals surface area (Å²) in [5, 5.41) is 20.6. The highest BCUT2D eigenvalue weighted by Crippen LogP contribution is 2.28. The van der Waals surface area contributed by atoms with Crippen LogP contribution >= 0.6 is 0 Å². The van der Waals surface area contributed by atoms with Crippen LogP contribution < -0.4 is 16.0 Å². The van der Waals surface area contributed by atoms with Crippen molar-refractivity contribution in [1.82, 2.24) is 10.6 Å². The number of carbonyl (C=O) groups is 1. The van der Waals surface area contributed by atoms with Gasteiger partial charge < -0.3 is 16.0 Å². The van der Waals surface area contributed by atoms with E-state index >= 15 is 0 Å². The second-order valence-corrected chi connectivity index (χ2v) is 6.00. The highest BCUT2D eigenvalue weighted by molar-refractivity contribution is 5.96. The minimum atomic E-state index is -0.482. The quantitative estimate of drug-likeness (QED) is 0.574. The van der Waals surface area contributed by atoms with Crippen molar-refractivity contribution in [2.75, 3.05) is 18.4 Å². The average Bonchev–Trinajstić information content (AvgIpc) is 2.63. The van der Waals surface area contributed by atoms with Crippen molar-refractivity contribution in [2.24, 2.45) is 0 Å². The van der Waals surface area contributed by atoms with E-state index in [0.29, 0.717) is 5.69 Å². The second-order valence-electron chi connectivity index (χ2n) is 6.00. The molecule has 0 bridgehead atoms. The van der Waals surface area contributed by atoms with Gasteiger partial charge in [0.2, 0.25) is 0 Å². The minimum Gasteiger partial charge on any atom is -0.350 e. The number of rotatable bonds is 5. The molecule has 0 aliphatic carbocycles. The molecule has 3 N–H and O–H groups in total. The summed E-state index contributed by atoms with van der Waals surface area (Å²) in [6, 6.07) is 13.7. The lowest BCUT2D eigenvalue weighted by molar-refractivity contribution is -0.383. The van der Waals surface area contributed by atoms with E-state index in [1.54, 1.807) is 12.1 Å². The molecule has 130 valence electrons. The maximum absolute atomic E-state index is 12.4. The number of carbonyl (C=O) groups excluding carboxylic acids is 1. The van der Waals surface area contributed by atoms with E-state index < -0.39 is 4.92 Å². The Morgan fingerprint density at radius 3 is 2.68 bits per heavy atom. The van der Waals surface area contributed by atoms with Gasteiger partial charge in [0.15, 0.2) is 0 Å². The minimum absolute atomic E-state index is 0.0578. The Kier molecular flexibility index (Phi) is 5.25. The summed E-state index contributed by atoms with van der Waals surface area (Å²) in [5.41, 5.74) is 1.26. The summed E-state index contributed by atoms with van der Waals surface area (Å²) < 4.78 is 0.